The highest BCUT2D eigenvalue weighted by atomic mass is 19.1. The zero-order valence-electron chi connectivity index (χ0n) is 26.7. The van der Waals surface area contributed by atoms with Crippen molar-refractivity contribution in [1.29, 1.82) is 0 Å². The summed E-state index contributed by atoms with van der Waals surface area (Å²) in [5.41, 5.74) is 0.572. The zero-order chi connectivity index (χ0) is 31.3. The molecule has 5 rings (SSSR count). The number of amides is 1. The Morgan fingerprint density at radius 2 is 1.84 bits per heavy atom. The number of carbonyl (C=O) groups excluding carboxylic acids is 1. The number of alkyl halides is 1. The molecule has 0 spiro atoms. The minimum atomic E-state index is -1.24. The van der Waals surface area contributed by atoms with Crippen molar-refractivity contribution in [3.63, 3.8) is 0 Å². The topological polar surface area (TPSA) is 95.5 Å². The lowest BCUT2D eigenvalue weighted by atomic mass is 9.78. The van der Waals surface area contributed by atoms with Gasteiger partial charge in [-0.1, -0.05) is 6.07 Å². The van der Waals surface area contributed by atoms with Crippen LogP contribution in [0.1, 0.15) is 67.7 Å². The Morgan fingerprint density at radius 3 is 2.44 bits per heavy atom. The Hall–Kier alpha value is -2.96. The molecule has 12 heteroatoms. The maximum atomic E-state index is 15.9. The number of methoxy groups -OCH3 is 1. The van der Waals surface area contributed by atoms with Gasteiger partial charge < -0.3 is 28.4 Å². The number of rotatable bonds is 7. The van der Waals surface area contributed by atoms with E-state index in [4.69, 9.17) is 23.5 Å². The first-order valence-corrected chi connectivity index (χ1v) is 14.9. The first kappa shape index (κ1) is 31.5. The van der Waals surface area contributed by atoms with Crippen LogP contribution in [0.2, 0.25) is 0 Å². The van der Waals surface area contributed by atoms with Crippen LogP contribution in [0.15, 0.2) is 30.6 Å². The minimum absolute atomic E-state index is 0.0519. The maximum absolute atomic E-state index is 15.9. The lowest BCUT2D eigenvalue weighted by Crippen LogP contribution is -2.59. The van der Waals surface area contributed by atoms with Crippen molar-refractivity contribution in [2.45, 2.75) is 109 Å². The predicted octanol–water partition coefficient (Wildman–Crippen LogP) is 4.74. The number of benzene rings is 1. The van der Waals surface area contributed by atoms with Crippen LogP contribution < -0.4 is 15.1 Å². The van der Waals surface area contributed by atoms with Crippen molar-refractivity contribution < 1.29 is 32.7 Å². The highest BCUT2D eigenvalue weighted by molar-refractivity contribution is 6.62. The van der Waals surface area contributed by atoms with Gasteiger partial charge in [0.25, 0.3) is 0 Å². The van der Waals surface area contributed by atoms with Crippen LogP contribution in [0.4, 0.5) is 15.0 Å². The van der Waals surface area contributed by atoms with Gasteiger partial charge in [-0.15, -0.1) is 0 Å². The largest absolute Gasteiger partial charge is 0.494 e. The molecule has 3 saturated heterocycles. The fourth-order valence-corrected chi connectivity index (χ4v) is 6.02. The number of piperidine rings is 1. The van der Waals surface area contributed by atoms with Crippen molar-refractivity contribution in [3.8, 4) is 17.0 Å². The Morgan fingerprint density at radius 1 is 1.14 bits per heavy atom. The third kappa shape index (κ3) is 6.19. The average molecular weight is 599 g/mol. The first-order chi connectivity index (χ1) is 20.1. The molecule has 234 valence electrons. The molecular formula is C31H44BFN4O6. The third-order valence-electron chi connectivity index (χ3n) is 9.04. The van der Waals surface area contributed by atoms with E-state index in [1.165, 1.54) is 0 Å². The van der Waals surface area contributed by atoms with Crippen LogP contribution in [0.5, 0.6) is 5.75 Å². The van der Waals surface area contributed by atoms with Gasteiger partial charge in [0, 0.05) is 25.8 Å². The summed E-state index contributed by atoms with van der Waals surface area (Å²) in [5.74, 6) is 1.11. The molecule has 0 N–H and O–H groups in total. The molecule has 3 fully saturated rings. The standard InChI is InChI=1S/C31H44BFN4O6/c1-29(2,3)41-28(38)37-20-11-13-23(37)27(33)24(15-20)36(8)26-17-34-22(16-35-26)21-12-10-19(14-25(21)40-18-39-9)32-42-30(4,5)31(6,7)43-32/h10,12,14,16-17,20,23-24,27H,11,13,15,18H2,1-9H3/t20-,23+,24-,27+/m1/s1. The van der Waals surface area contributed by atoms with Gasteiger partial charge in [0.2, 0.25) is 0 Å². The van der Waals surface area contributed by atoms with E-state index in [1.54, 1.807) is 24.4 Å². The lowest BCUT2D eigenvalue weighted by molar-refractivity contribution is -0.0104. The second-order valence-corrected chi connectivity index (χ2v) is 13.7. The molecular weight excluding hydrogens is 554 g/mol. The van der Waals surface area contributed by atoms with E-state index in [0.717, 1.165) is 17.4 Å². The number of fused-ring (bicyclic) bond motifs is 2. The molecule has 2 bridgehead atoms. The van der Waals surface area contributed by atoms with Crippen LogP contribution >= 0.6 is 0 Å². The summed E-state index contributed by atoms with van der Waals surface area (Å²) in [4.78, 5) is 25.6. The summed E-state index contributed by atoms with van der Waals surface area (Å²) >= 11 is 0. The molecule has 1 amide bonds. The second-order valence-electron chi connectivity index (χ2n) is 13.7. The Bertz CT molecular complexity index is 1300. The SMILES string of the molecule is COCOc1cc(B2OC(C)(C)C(C)(C)O2)ccc1-c1cnc(N(C)[C@@H]2C[C@H]3CC[C@@H]([C@@H]2F)N3C(=O)OC(C)(C)C)cn1. The number of nitrogens with zero attached hydrogens (tertiary/aromatic N) is 4. The normalized spacial score (nSPS) is 26.0. The molecule has 2 aromatic rings. The smallest absolute Gasteiger partial charge is 0.467 e. The number of hydrogen-bond acceptors (Lipinski definition) is 9. The van der Waals surface area contributed by atoms with Gasteiger partial charge in [0.15, 0.2) is 6.79 Å². The van der Waals surface area contributed by atoms with Gasteiger partial charge >= 0.3 is 13.2 Å². The van der Waals surface area contributed by atoms with E-state index in [1.807, 2.05) is 78.6 Å². The van der Waals surface area contributed by atoms with E-state index in [9.17, 15) is 4.79 Å². The highest BCUT2D eigenvalue weighted by Crippen LogP contribution is 2.41. The number of aromatic nitrogens is 2. The van der Waals surface area contributed by atoms with Gasteiger partial charge in [-0.2, -0.15) is 0 Å². The molecule has 1 aromatic carbocycles. The quantitative estimate of drug-likeness (QED) is 0.331. The Kier molecular flexibility index (Phi) is 8.43. The molecule has 0 saturated carbocycles. The molecule has 4 atom stereocenters. The third-order valence-corrected chi connectivity index (χ3v) is 9.04. The number of carbonyl (C=O) groups is 1. The van der Waals surface area contributed by atoms with Crippen LogP contribution in [0.3, 0.4) is 0 Å². The van der Waals surface area contributed by atoms with E-state index in [2.05, 4.69) is 9.97 Å². The molecule has 0 radical (unpaired) electrons. The van der Waals surface area contributed by atoms with Crippen LogP contribution in [0.25, 0.3) is 11.3 Å². The molecule has 3 aliphatic rings. The number of anilines is 1. The predicted molar refractivity (Wildman–Crippen MR) is 162 cm³/mol. The van der Waals surface area contributed by atoms with Gasteiger partial charge in [0.1, 0.15) is 23.3 Å². The van der Waals surface area contributed by atoms with Crippen molar-refractivity contribution in [2.75, 3.05) is 25.9 Å². The molecule has 3 aliphatic heterocycles. The van der Waals surface area contributed by atoms with Crippen molar-refractivity contribution in [2.24, 2.45) is 0 Å². The molecule has 1 aromatic heterocycles. The van der Waals surface area contributed by atoms with Crippen LogP contribution in [-0.2, 0) is 18.8 Å². The van der Waals surface area contributed by atoms with Gasteiger partial charge in [-0.3, -0.25) is 9.88 Å². The molecule has 43 heavy (non-hydrogen) atoms. The lowest BCUT2D eigenvalue weighted by Gasteiger charge is -2.44. The van der Waals surface area contributed by atoms with E-state index in [-0.39, 0.29) is 12.8 Å². The van der Waals surface area contributed by atoms with E-state index < -0.39 is 48.3 Å². The number of ether oxygens (including phenoxy) is 3. The number of halogens is 1. The van der Waals surface area contributed by atoms with Crippen molar-refractivity contribution in [1.82, 2.24) is 14.9 Å². The van der Waals surface area contributed by atoms with E-state index in [0.29, 0.717) is 30.1 Å². The molecule has 0 unspecified atom stereocenters. The van der Waals surface area contributed by atoms with Crippen LogP contribution in [0, 0.1) is 0 Å². The average Bonchev–Trinajstić information content (AvgIpc) is 3.39. The fraction of sp³-hybridized carbons (Fsp3) is 0.645. The van der Waals surface area contributed by atoms with Crippen LogP contribution in [-0.4, -0.2) is 90.1 Å². The zero-order valence-corrected chi connectivity index (χ0v) is 26.7. The molecule has 0 aliphatic carbocycles. The summed E-state index contributed by atoms with van der Waals surface area (Å²) in [6.07, 6.45) is 3.49. The van der Waals surface area contributed by atoms with Gasteiger partial charge in [-0.05, 0) is 85.3 Å². The Labute approximate surface area is 254 Å². The number of hydrogen-bond donors (Lipinski definition) is 0. The second kappa shape index (κ2) is 11.5. The van der Waals surface area contributed by atoms with Crippen molar-refractivity contribution >= 4 is 24.5 Å². The summed E-state index contributed by atoms with van der Waals surface area (Å²) in [6.45, 7) is 13.6. The van der Waals surface area contributed by atoms with Crippen molar-refractivity contribution in [3.05, 3.63) is 30.6 Å². The summed E-state index contributed by atoms with van der Waals surface area (Å²) in [6, 6.07) is 4.68. The molecule has 10 nitrogen and oxygen atoms in total. The Balaban J connectivity index is 1.33. The molecule has 4 heterocycles. The first-order valence-electron chi connectivity index (χ1n) is 14.9. The monoisotopic (exact) mass is 598 g/mol. The fourth-order valence-electron chi connectivity index (χ4n) is 6.02. The van der Waals surface area contributed by atoms with Gasteiger partial charge in [0.05, 0.1) is 41.4 Å². The maximum Gasteiger partial charge on any atom is 0.494 e. The summed E-state index contributed by atoms with van der Waals surface area (Å²) in [5, 5.41) is 0. The summed E-state index contributed by atoms with van der Waals surface area (Å²) in [7, 11) is 2.84. The van der Waals surface area contributed by atoms with E-state index >= 15 is 4.39 Å². The highest BCUT2D eigenvalue weighted by Gasteiger charge is 2.53. The minimum Gasteiger partial charge on any atom is -0.467 e. The summed E-state index contributed by atoms with van der Waals surface area (Å²) < 4.78 is 45.0. The van der Waals surface area contributed by atoms with Gasteiger partial charge in [-0.25, -0.2) is 14.2 Å².